The van der Waals surface area contributed by atoms with E-state index in [0.717, 1.165) is 51.4 Å². The van der Waals surface area contributed by atoms with Gasteiger partial charge in [0.2, 0.25) is 5.91 Å². The highest BCUT2D eigenvalue weighted by Gasteiger charge is 2.24. The van der Waals surface area contributed by atoms with E-state index in [1.807, 2.05) is 0 Å². The number of amides is 1. The molecule has 3 atom stereocenters. The number of rotatable bonds is 49. The molecule has 3 N–H and O–H groups in total. The van der Waals surface area contributed by atoms with Gasteiger partial charge in [-0.3, -0.25) is 9.59 Å². The molecule has 0 radical (unpaired) electrons. The number of aliphatic hydroxyl groups excluding tert-OH is 2. The van der Waals surface area contributed by atoms with Gasteiger partial charge in [-0.15, -0.1) is 0 Å². The smallest absolute Gasteiger partial charge is 0.306 e. The molecule has 0 rings (SSSR count). The van der Waals surface area contributed by atoms with E-state index in [4.69, 9.17) is 4.74 Å². The van der Waals surface area contributed by atoms with E-state index >= 15 is 0 Å². The molecule has 0 spiro atoms. The average molecular weight is 848 g/mol. The van der Waals surface area contributed by atoms with Crippen LogP contribution in [0.5, 0.6) is 0 Å². The van der Waals surface area contributed by atoms with Gasteiger partial charge in [-0.25, -0.2) is 0 Å². The van der Waals surface area contributed by atoms with Gasteiger partial charge in [-0.1, -0.05) is 251 Å². The van der Waals surface area contributed by atoms with Gasteiger partial charge in [-0.2, -0.15) is 0 Å². The standard InChI is InChI=1S/C54H105NO5/c1-4-7-10-13-16-19-22-24-26-27-29-32-35-38-41-44-47-54(59)60-50(45-42-39-36-33-30-21-18-15-12-9-6-3)48-53(58)55-51(49-56)52(57)46-43-40-37-34-31-28-25-23-20-17-14-11-8-5-2/h33,36,50-52,56-57H,4-32,34-35,37-49H2,1-3H3,(H,55,58)/b36-33-. The first-order valence-corrected chi connectivity index (χ1v) is 26.9. The monoisotopic (exact) mass is 848 g/mol. The maximum absolute atomic E-state index is 13.2. The summed E-state index contributed by atoms with van der Waals surface area (Å²) in [6.45, 7) is 6.49. The Kier molecular flexibility index (Phi) is 47.5. The molecule has 0 heterocycles. The van der Waals surface area contributed by atoms with Crippen molar-refractivity contribution in [2.45, 2.75) is 315 Å². The van der Waals surface area contributed by atoms with Crippen LogP contribution < -0.4 is 5.32 Å². The van der Waals surface area contributed by atoms with Gasteiger partial charge in [0.25, 0.3) is 0 Å². The fourth-order valence-corrected chi connectivity index (χ4v) is 8.49. The molecule has 0 fully saturated rings. The van der Waals surface area contributed by atoms with Gasteiger partial charge < -0.3 is 20.3 Å². The van der Waals surface area contributed by atoms with Crippen LogP contribution in [0.2, 0.25) is 0 Å². The molecule has 6 nitrogen and oxygen atoms in total. The van der Waals surface area contributed by atoms with Crippen molar-refractivity contribution >= 4 is 11.9 Å². The number of allylic oxidation sites excluding steroid dienone is 2. The maximum Gasteiger partial charge on any atom is 0.306 e. The van der Waals surface area contributed by atoms with Crippen molar-refractivity contribution in [1.82, 2.24) is 5.32 Å². The van der Waals surface area contributed by atoms with Gasteiger partial charge >= 0.3 is 5.97 Å². The summed E-state index contributed by atoms with van der Waals surface area (Å²) in [5, 5.41) is 23.8. The van der Waals surface area contributed by atoms with Crippen molar-refractivity contribution in [3.05, 3.63) is 12.2 Å². The first kappa shape index (κ1) is 58.6. The van der Waals surface area contributed by atoms with Crippen LogP contribution in [0.3, 0.4) is 0 Å². The third kappa shape index (κ3) is 43.3. The maximum atomic E-state index is 13.2. The first-order chi connectivity index (χ1) is 29.5. The third-order valence-corrected chi connectivity index (χ3v) is 12.6. The van der Waals surface area contributed by atoms with E-state index in [-0.39, 0.29) is 24.9 Å². The number of unbranched alkanes of at least 4 members (excludes halogenated alkanes) is 35. The summed E-state index contributed by atoms with van der Waals surface area (Å²) in [5.41, 5.74) is 0. The average Bonchev–Trinajstić information content (AvgIpc) is 3.24. The Balaban J connectivity index is 4.48. The molecule has 0 aliphatic rings. The lowest BCUT2D eigenvalue weighted by atomic mass is 10.0. The number of ether oxygens (including phenoxy) is 1. The molecule has 1 amide bonds. The summed E-state index contributed by atoms with van der Waals surface area (Å²) < 4.78 is 5.92. The van der Waals surface area contributed by atoms with Crippen LogP contribution >= 0.6 is 0 Å². The van der Waals surface area contributed by atoms with Crippen LogP contribution in [0.1, 0.15) is 297 Å². The van der Waals surface area contributed by atoms with E-state index < -0.39 is 18.2 Å². The van der Waals surface area contributed by atoms with E-state index in [0.29, 0.717) is 19.3 Å². The summed E-state index contributed by atoms with van der Waals surface area (Å²) in [4.78, 5) is 26.1. The predicted octanol–water partition coefficient (Wildman–Crippen LogP) is 16.1. The van der Waals surface area contributed by atoms with Crippen LogP contribution in [-0.2, 0) is 14.3 Å². The molecule has 0 saturated carbocycles. The summed E-state index contributed by atoms with van der Waals surface area (Å²) in [7, 11) is 0. The van der Waals surface area contributed by atoms with Crippen molar-refractivity contribution in [3.63, 3.8) is 0 Å². The SMILES string of the molecule is CCCCCCCC/C=C\CCCC(CC(=O)NC(CO)C(O)CCCCCCCCCCCCCCCC)OC(=O)CCCCCCCCCCCCCCCCCC. The zero-order chi connectivity index (χ0) is 43.8. The van der Waals surface area contributed by atoms with Crippen molar-refractivity contribution in [2.75, 3.05) is 6.61 Å². The van der Waals surface area contributed by atoms with Crippen LogP contribution in [0.15, 0.2) is 12.2 Å². The summed E-state index contributed by atoms with van der Waals surface area (Å²) in [5.74, 6) is -0.485. The summed E-state index contributed by atoms with van der Waals surface area (Å²) in [6.07, 6.45) is 54.2. The second kappa shape index (κ2) is 48.6. The zero-order valence-electron chi connectivity index (χ0n) is 40.6. The number of hydrogen-bond donors (Lipinski definition) is 3. The van der Waals surface area contributed by atoms with Crippen molar-refractivity contribution < 1.29 is 24.5 Å². The summed E-state index contributed by atoms with van der Waals surface area (Å²) in [6, 6.07) is -0.703. The van der Waals surface area contributed by atoms with E-state index in [1.165, 1.54) is 199 Å². The molecule has 356 valence electrons. The zero-order valence-corrected chi connectivity index (χ0v) is 40.6. The molecule has 6 heteroatoms. The second-order valence-corrected chi connectivity index (χ2v) is 18.6. The fraction of sp³-hybridized carbons (Fsp3) is 0.926. The van der Waals surface area contributed by atoms with Crippen LogP contribution in [0, 0.1) is 0 Å². The van der Waals surface area contributed by atoms with Gasteiger partial charge in [0.1, 0.15) is 6.10 Å². The van der Waals surface area contributed by atoms with Crippen LogP contribution in [0.4, 0.5) is 0 Å². The lowest BCUT2D eigenvalue weighted by Gasteiger charge is -2.24. The third-order valence-electron chi connectivity index (χ3n) is 12.6. The fourth-order valence-electron chi connectivity index (χ4n) is 8.49. The molecule has 0 aliphatic carbocycles. The Bertz CT molecular complexity index is 909. The van der Waals surface area contributed by atoms with Gasteiger partial charge in [0, 0.05) is 6.42 Å². The van der Waals surface area contributed by atoms with E-state index in [1.54, 1.807) is 0 Å². The second-order valence-electron chi connectivity index (χ2n) is 18.6. The highest BCUT2D eigenvalue weighted by molar-refractivity contribution is 5.77. The molecular formula is C54H105NO5. The van der Waals surface area contributed by atoms with Crippen LogP contribution in [-0.4, -0.2) is 46.9 Å². The minimum atomic E-state index is -0.788. The predicted molar refractivity (Wildman–Crippen MR) is 260 cm³/mol. The largest absolute Gasteiger partial charge is 0.462 e. The number of carbonyl (C=O) groups excluding carboxylic acids is 2. The van der Waals surface area contributed by atoms with Gasteiger partial charge in [-0.05, 0) is 44.9 Å². The minimum absolute atomic E-state index is 0.0637. The van der Waals surface area contributed by atoms with Crippen molar-refractivity contribution in [2.24, 2.45) is 0 Å². The Labute approximate surface area is 374 Å². The Morgan fingerprint density at radius 3 is 1.22 bits per heavy atom. The molecule has 0 aliphatic heterocycles. The molecule has 0 aromatic rings. The number of hydrogen-bond acceptors (Lipinski definition) is 5. The lowest BCUT2D eigenvalue weighted by Crippen LogP contribution is -2.46. The first-order valence-electron chi connectivity index (χ1n) is 26.9. The minimum Gasteiger partial charge on any atom is -0.462 e. The molecule has 60 heavy (non-hydrogen) atoms. The van der Waals surface area contributed by atoms with E-state index in [9.17, 15) is 19.8 Å². The molecule has 0 aromatic heterocycles. The Morgan fingerprint density at radius 2 is 0.817 bits per heavy atom. The van der Waals surface area contributed by atoms with Crippen molar-refractivity contribution in [1.29, 1.82) is 0 Å². The van der Waals surface area contributed by atoms with Gasteiger partial charge in [0.15, 0.2) is 0 Å². The molecule has 3 unspecified atom stereocenters. The number of nitrogens with one attached hydrogen (secondary N) is 1. The highest BCUT2D eigenvalue weighted by atomic mass is 16.5. The Morgan fingerprint density at radius 1 is 0.467 bits per heavy atom. The van der Waals surface area contributed by atoms with Gasteiger partial charge in [0.05, 0.1) is 25.2 Å². The number of aliphatic hydroxyl groups is 2. The Hall–Kier alpha value is -1.40. The van der Waals surface area contributed by atoms with E-state index in [2.05, 4.69) is 38.2 Å². The quantitative estimate of drug-likeness (QED) is 0.0322. The summed E-state index contributed by atoms with van der Waals surface area (Å²) >= 11 is 0. The lowest BCUT2D eigenvalue weighted by molar-refractivity contribution is -0.151. The highest BCUT2D eigenvalue weighted by Crippen LogP contribution is 2.18. The number of carbonyl (C=O) groups is 2. The van der Waals surface area contributed by atoms with Crippen LogP contribution in [0.25, 0.3) is 0 Å². The van der Waals surface area contributed by atoms with Crippen molar-refractivity contribution in [3.8, 4) is 0 Å². The normalized spacial score (nSPS) is 13.2. The molecule has 0 bridgehead atoms. The topological polar surface area (TPSA) is 95.9 Å². The molecule has 0 saturated heterocycles. The molecular weight excluding hydrogens is 743 g/mol. The number of esters is 1. The molecule has 0 aromatic carbocycles.